The maximum Gasteiger partial charge on any atom is 0.409 e. The van der Waals surface area contributed by atoms with Crippen LogP contribution in [0.15, 0.2) is 24.3 Å². The summed E-state index contributed by atoms with van der Waals surface area (Å²) in [7, 11) is 0. The zero-order valence-electron chi connectivity index (χ0n) is 13.5. The normalized spacial score (nSPS) is 19.8. The van der Waals surface area contributed by atoms with Gasteiger partial charge in [0.25, 0.3) is 0 Å². The van der Waals surface area contributed by atoms with Crippen LogP contribution in [0.25, 0.3) is 0 Å². The summed E-state index contributed by atoms with van der Waals surface area (Å²) in [6, 6.07) is 8.79. The van der Waals surface area contributed by atoms with Crippen LogP contribution in [0.2, 0.25) is 0 Å². The summed E-state index contributed by atoms with van der Waals surface area (Å²) in [5.41, 5.74) is 2.99. The number of nitrogens with zero attached hydrogens (tertiary/aromatic N) is 2. The van der Waals surface area contributed by atoms with Crippen molar-refractivity contribution in [3.63, 3.8) is 0 Å². The minimum absolute atomic E-state index is 0.146. The topological polar surface area (TPSA) is 32.8 Å². The van der Waals surface area contributed by atoms with Gasteiger partial charge in [0, 0.05) is 32.7 Å². The van der Waals surface area contributed by atoms with Crippen LogP contribution < -0.4 is 0 Å². The fourth-order valence-electron chi connectivity index (χ4n) is 3.59. The van der Waals surface area contributed by atoms with Crippen LogP contribution in [0.1, 0.15) is 30.9 Å². The molecule has 22 heavy (non-hydrogen) atoms. The highest BCUT2D eigenvalue weighted by Crippen LogP contribution is 2.23. The highest BCUT2D eigenvalue weighted by molar-refractivity contribution is 5.67. The van der Waals surface area contributed by atoms with E-state index in [-0.39, 0.29) is 6.09 Å². The van der Waals surface area contributed by atoms with Gasteiger partial charge in [0.05, 0.1) is 6.61 Å². The summed E-state index contributed by atoms with van der Waals surface area (Å²) in [4.78, 5) is 16.2. The van der Waals surface area contributed by atoms with Crippen LogP contribution in [0.3, 0.4) is 0 Å². The van der Waals surface area contributed by atoms with Gasteiger partial charge >= 0.3 is 6.09 Å². The van der Waals surface area contributed by atoms with Crippen molar-refractivity contribution in [3.05, 3.63) is 35.4 Å². The summed E-state index contributed by atoms with van der Waals surface area (Å²) < 4.78 is 5.08. The van der Waals surface area contributed by atoms with Crippen molar-refractivity contribution in [1.29, 1.82) is 0 Å². The van der Waals surface area contributed by atoms with Gasteiger partial charge in [-0.1, -0.05) is 24.3 Å². The van der Waals surface area contributed by atoms with Crippen molar-refractivity contribution >= 4 is 6.09 Å². The number of carbonyl (C=O) groups excluding carboxylic acids is 1. The monoisotopic (exact) mass is 302 g/mol. The molecule has 0 unspecified atom stereocenters. The Labute approximate surface area is 133 Å². The molecule has 0 N–H and O–H groups in total. The lowest BCUT2D eigenvalue weighted by atomic mass is 9.94. The molecule has 0 radical (unpaired) electrons. The van der Waals surface area contributed by atoms with E-state index in [1.165, 1.54) is 11.1 Å². The molecule has 2 aliphatic heterocycles. The molecule has 1 amide bonds. The second-order valence-corrected chi connectivity index (χ2v) is 6.38. The molecule has 0 spiro atoms. The number of benzene rings is 1. The van der Waals surface area contributed by atoms with E-state index in [9.17, 15) is 4.79 Å². The Morgan fingerprint density at radius 3 is 2.64 bits per heavy atom. The highest BCUT2D eigenvalue weighted by Gasteiger charge is 2.26. The minimum atomic E-state index is -0.146. The van der Waals surface area contributed by atoms with Gasteiger partial charge in [-0.25, -0.2) is 4.79 Å². The van der Waals surface area contributed by atoms with E-state index in [4.69, 9.17) is 4.74 Å². The first kappa shape index (κ1) is 15.3. The van der Waals surface area contributed by atoms with E-state index in [1.807, 2.05) is 11.8 Å². The molecule has 1 aromatic carbocycles. The Hall–Kier alpha value is -1.55. The highest BCUT2D eigenvalue weighted by atomic mass is 16.6. The molecule has 4 nitrogen and oxygen atoms in total. The Morgan fingerprint density at radius 2 is 1.91 bits per heavy atom. The number of hydrogen-bond acceptors (Lipinski definition) is 3. The maximum atomic E-state index is 11.7. The van der Waals surface area contributed by atoms with Crippen LogP contribution in [0.4, 0.5) is 4.79 Å². The summed E-state index contributed by atoms with van der Waals surface area (Å²) >= 11 is 0. The largest absolute Gasteiger partial charge is 0.450 e. The van der Waals surface area contributed by atoms with E-state index in [0.29, 0.717) is 12.5 Å². The summed E-state index contributed by atoms with van der Waals surface area (Å²) in [5.74, 6) is 0.705. The predicted molar refractivity (Wildman–Crippen MR) is 86.7 cm³/mol. The lowest BCUT2D eigenvalue weighted by Crippen LogP contribution is -2.42. The molecule has 1 aromatic rings. The molecule has 3 rings (SSSR count). The molecule has 120 valence electrons. The van der Waals surface area contributed by atoms with E-state index in [0.717, 1.165) is 52.0 Å². The first-order valence-electron chi connectivity index (χ1n) is 8.47. The Morgan fingerprint density at radius 1 is 1.18 bits per heavy atom. The zero-order valence-corrected chi connectivity index (χ0v) is 13.5. The Bertz CT molecular complexity index is 510. The number of fused-ring (bicyclic) bond motifs is 1. The Balaban J connectivity index is 1.47. The van der Waals surface area contributed by atoms with E-state index in [1.54, 1.807) is 0 Å². The van der Waals surface area contributed by atoms with E-state index >= 15 is 0 Å². The molecular formula is C18H26N2O2. The first-order chi connectivity index (χ1) is 10.8. The molecule has 4 heteroatoms. The van der Waals surface area contributed by atoms with Gasteiger partial charge in [-0.05, 0) is 43.2 Å². The second kappa shape index (κ2) is 7.14. The van der Waals surface area contributed by atoms with Crippen molar-refractivity contribution in [1.82, 2.24) is 9.80 Å². The van der Waals surface area contributed by atoms with Crippen molar-refractivity contribution in [2.24, 2.45) is 5.92 Å². The third-order valence-electron chi connectivity index (χ3n) is 4.87. The number of hydrogen-bond donors (Lipinski definition) is 0. The van der Waals surface area contributed by atoms with Crippen molar-refractivity contribution < 1.29 is 9.53 Å². The fourth-order valence-corrected chi connectivity index (χ4v) is 3.59. The van der Waals surface area contributed by atoms with Crippen LogP contribution in [0.5, 0.6) is 0 Å². The van der Waals surface area contributed by atoms with Gasteiger partial charge < -0.3 is 9.64 Å². The minimum Gasteiger partial charge on any atom is -0.450 e. The Kier molecular flexibility index (Phi) is 4.98. The smallest absolute Gasteiger partial charge is 0.409 e. The van der Waals surface area contributed by atoms with Gasteiger partial charge in [0.2, 0.25) is 0 Å². The van der Waals surface area contributed by atoms with Gasteiger partial charge in [0.1, 0.15) is 0 Å². The maximum absolute atomic E-state index is 11.7. The van der Waals surface area contributed by atoms with E-state index < -0.39 is 0 Å². The molecular weight excluding hydrogens is 276 g/mol. The molecule has 0 aliphatic carbocycles. The van der Waals surface area contributed by atoms with Crippen LogP contribution >= 0.6 is 0 Å². The fraction of sp³-hybridized carbons (Fsp3) is 0.611. The molecule has 0 aromatic heterocycles. The molecule has 2 heterocycles. The molecule has 1 fully saturated rings. The van der Waals surface area contributed by atoms with Gasteiger partial charge in [0.15, 0.2) is 0 Å². The summed E-state index contributed by atoms with van der Waals surface area (Å²) in [5, 5.41) is 0. The number of rotatable bonds is 3. The van der Waals surface area contributed by atoms with Crippen molar-refractivity contribution in [2.45, 2.75) is 32.7 Å². The molecule has 1 saturated heterocycles. The van der Waals surface area contributed by atoms with Crippen LogP contribution in [-0.4, -0.2) is 48.7 Å². The van der Waals surface area contributed by atoms with Gasteiger partial charge in [-0.3, -0.25) is 4.90 Å². The van der Waals surface area contributed by atoms with E-state index in [2.05, 4.69) is 29.2 Å². The average molecular weight is 302 g/mol. The lowest BCUT2D eigenvalue weighted by Gasteiger charge is -2.36. The van der Waals surface area contributed by atoms with Gasteiger partial charge in [-0.2, -0.15) is 0 Å². The summed E-state index contributed by atoms with van der Waals surface area (Å²) in [6.07, 6.45) is 3.21. The molecule has 0 atom stereocenters. The third kappa shape index (κ3) is 3.61. The second-order valence-electron chi connectivity index (χ2n) is 6.38. The molecule has 0 bridgehead atoms. The van der Waals surface area contributed by atoms with Crippen molar-refractivity contribution in [3.8, 4) is 0 Å². The SMILES string of the molecule is CCOC(=O)N1CCC(CN2CCc3ccccc3C2)CC1. The molecule has 2 aliphatic rings. The molecule has 0 saturated carbocycles. The van der Waals surface area contributed by atoms with Crippen LogP contribution in [0, 0.1) is 5.92 Å². The number of piperidine rings is 1. The number of ether oxygens (including phenoxy) is 1. The predicted octanol–water partition coefficient (Wildman–Crippen LogP) is 2.91. The van der Waals surface area contributed by atoms with Crippen molar-refractivity contribution in [2.75, 3.05) is 32.8 Å². The standard InChI is InChI=1S/C18H26N2O2/c1-2-22-18(21)20-11-7-15(8-12-20)13-19-10-9-16-5-3-4-6-17(16)14-19/h3-6,15H,2,7-14H2,1H3. The number of likely N-dealkylation sites (tertiary alicyclic amines) is 1. The summed E-state index contributed by atoms with van der Waals surface area (Å²) in [6.45, 7) is 7.40. The lowest BCUT2D eigenvalue weighted by molar-refractivity contribution is 0.0846. The zero-order chi connectivity index (χ0) is 15.4. The third-order valence-corrected chi connectivity index (χ3v) is 4.87. The van der Waals surface area contributed by atoms with Gasteiger partial charge in [-0.15, -0.1) is 0 Å². The quantitative estimate of drug-likeness (QED) is 0.860. The number of carbonyl (C=O) groups is 1. The average Bonchev–Trinajstić information content (AvgIpc) is 2.56. The first-order valence-corrected chi connectivity index (χ1v) is 8.47. The number of amides is 1. The van der Waals surface area contributed by atoms with Crippen LogP contribution in [-0.2, 0) is 17.7 Å².